The van der Waals surface area contributed by atoms with Gasteiger partial charge in [0.25, 0.3) is 0 Å². The third-order valence-electron chi connectivity index (χ3n) is 4.02. The molecule has 0 bridgehead atoms. The lowest BCUT2D eigenvalue weighted by molar-refractivity contribution is 0.241. The minimum atomic E-state index is -0.113. The molecule has 0 atom stereocenters. The molecule has 0 aromatic heterocycles. The maximum Gasteiger partial charge on any atom is 0.314 e. The van der Waals surface area contributed by atoms with Crippen molar-refractivity contribution < 1.29 is 9.53 Å². The number of hydrogen-bond acceptors (Lipinski definition) is 2. The second kappa shape index (κ2) is 6.69. The summed E-state index contributed by atoms with van der Waals surface area (Å²) in [5.41, 5.74) is 2.50. The van der Waals surface area contributed by atoms with E-state index in [-0.39, 0.29) is 6.03 Å². The van der Waals surface area contributed by atoms with Crippen LogP contribution in [0, 0.1) is 0 Å². The smallest absolute Gasteiger partial charge is 0.314 e. The van der Waals surface area contributed by atoms with Crippen molar-refractivity contribution in [3.63, 3.8) is 0 Å². The van der Waals surface area contributed by atoms with Gasteiger partial charge in [0, 0.05) is 18.7 Å². The largest absolute Gasteiger partial charge is 0.493 e. The lowest BCUT2D eigenvalue weighted by Crippen LogP contribution is -2.36. The van der Waals surface area contributed by atoms with Crippen molar-refractivity contribution in [2.45, 2.75) is 26.2 Å². The molecule has 0 aliphatic carbocycles. The van der Waals surface area contributed by atoms with E-state index in [1.54, 1.807) is 0 Å². The van der Waals surface area contributed by atoms with E-state index >= 15 is 0 Å². The molecule has 4 nitrogen and oxygen atoms in total. The Morgan fingerprint density at radius 3 is 3.00 bits per heavy atom. The summed E-state index contributed by atoms with van der Waals surface area (Å²) in [6, 6.07) is 10.5. The lowest BCUT2D eigenvalue weighted by Gasteiger charge is -2.22. The summed E-state index contributed by atoms with van der Waals surface area (Å²) in [6.07, 6.45) is 2.91. The molecule has 4 heteroatoms. The molecule has 1 aliphatic rings. The number of ether oxygens (including phenoxy) is 1. The molecule has 2 N–H and O–H groups in total. The topological polar surface area (TPSA) is 50.4 Å². The van der Waals surface area contributed by atoms with Crippen LogP contribution in [0.2, 0.25) is 0 Å². The van der Waals surface area contributed by atoms with Gasteiger partial charge in [0.2, 0.25) is 0 Å². The first-order valence-electron chi connectivity index (χ1n) is 7.97. The van der Waals surface area contributed by atoms with Crippen molar-refractivity contribution >= 4 is 16.8 Å². The Kier molecular flexibility index (Phi) is 4.47. The Hall–Kier alpha value is -2.23. The van der Waals surface area contributed by atoms with Crippen LogP contribution < -0.4 is 15.4 Å². The van der Waals surface area contributed by atoms with E-state index in [1.807, 2.05) is 6.92 Å². The van der Waals surface area contributed by atoms with Crippen molar-refractivity contribution in [1.82, 2.24) is 10.6 Å². The zero-order valence-electron chi connectivity index (χ0n) is 12.9. The van der Waals surface area contributed by atoms with Gasteiger partial charge in [-0.1, -0.05) is 24.3 Å². The Labute approximate surface area is 130 Å². The molecule has 3 rings (SSSR count). The highest BCUT2D eigenvalue weighted by molar-refractivity contribution is 5.89. The van der Waals surface area contributed by atoms with Gasteiger partial charge in [-0.25, -0.2) is 4.79 Å². The van der Waals surface area contributed by atoms with Crippen LogP contribution in [-0.2, 0) is 12.8 Å². The fraction of sp³-hybridized carbons (Fsp3) is 0.389. The number of carbonyl (C=O) groups is 1. The third kappa shape index (κ3) is 3.01. The molecule has 1 heterocycles. The van der Waals surface area contributed by atoms with Gasteiger partial charge in [0.15, 0.2) is 0 Å². The van der Waals surface area contributed by atoms with E-state index in [0.29, 0.717) is 13.1 Å². The van der Waals surface area contributed by atoms with Crippen LogP contribution in [0.1, 0.15) is 24.5 Å². The number of fused-ring (bicyclic) bond motifs is 3. The van der Waals surface area contributed by atoms with Gasteiger partial charge in [-0.3, -0.25) is 0 Å². The summed E-state index contributed by atoms with van der Waals surface area (Å²) >= 11 is 0. The lowest BCUT2D eigenvalue weighted by atomic mass is 9.94. The number of benzene rings is 2. The van der Waals surface area contributed by atoms with Gasteiger partial charge in [-0.15, -0.1) is 0 Å². The molecule has 1 aliphatic heterocycles. The molecule has 0 saturated heterocycles. The molecular formula is C18H22N2O2. The molecule has 2 aromatic rings. The maximum atomic E-state index is 11.5. The SMILES string of the molecule is CCNC(=O)NCCc1cc2ccccc2c2c1OCCC2. The fourth-order valence-electron chi connectivity index (χ4n) is 3.04. The predicted molar refractivity (Wildman–Crippen MR) is 88.5 cm³/mol. The number of rotatable bonds is 4. The summed E-state index contributed by atoms with van der Waals surface area (Å²) in [6.45, 7) is 3.94. The molecular weight excluding hydrogens is 276 g/mol. The average molecular weight is 298 g/mol. The van der Waals surface area contributed by atoms with Crippen molar-refractivity contribution in [3.05, 3.63) is 41.5 Å². The van der Waals surface area contributed by atoms with Crippen molar-refractivity contribution in [2.75, 3.05) is 19.7 Å². The number of hydrogen-bond donors (Lipinski definition) is 2. The van der Waals surface area contributed by atoms with Crippen LogP contribution in [0.4, 0.5) is 4.79 Å². The molecule has 22 heavy (non-hydrogen) atoms. The first kappa shape index (κ1) is 14.7. The number of amides is 2. The molecule has 0 unspecified atom stereocenters. The predicted octanol–water partition coefficient (Wildman–Crippen LogP) is 3.03. The van der Waals surface area contributed by atoms with Gasteiger partial charge in [0.05, 0.1) is 6.61 Å². The zero-order chi connectivity index (χ0) is 15.4. The maximum absolute atomic E-state index is 11.5. The first-order chi connectivity index (χ1) is 10.8. The summed E-state index contributed by atoms with van der Waals surface area (Å²) < 4.78 is 5.94. The minimum absolute atomic E-state index is 0.113. The van der Waals surface area contributed by atoms with E-state index in [4.69, 9.17) is 4.74 Å². The number of aryl methyl sites for hydroxylation is 1. The van der Waals surface area contributed by atoms with E-state index in [2.05, 4.69) is 41.0 Å². The highest BCUT2D eigenvalue weighted by Crippen LogP contribution is 2.35. The number of urea groups is 1. The zero-order valence-corrected chi connectivity index (χ0v) is 12.9. The van der Waals surface area contributed by atoms with Gasteiger partial charge in [0.1, 0.15) is 5.75 Å². The Balaban J connectivity index is 1.84. The molecule has 2 aromatic carbocycles. The first-order valence-corrected chi connectivity index (χ1v) is 7.97. The standard InChI is InChI=1S/C18H22N2O2/c1-2-19-18(21)20-10-9-14-12-13-6-3-4-7-15(13)16-8-5-11-22-17(14)16/h3-4,6-7,12H,2,5,8-11H2,1H3,(H2,19,20,21). The van der Waals surface area contributed by atoms with Gasteiger partial charge in [-0.05, 0) is 48.6 Å². The fourth-order valence-corrected chi connectivity index (χ4v) is 3.04. The van der Waals surface area contributed by atoms with E-state index < -0.39 is 0 Å². The summed E-state index contributed by atoms with van der Waals surface area (Å²) in [4.78, 5) is 11.5. The Morgan fingerprint density at radius 2 is 2.14 bits per heavy atom. The van der Waals surface area contributed by atoms with E-state index in [1.165, 1.54) is 21.9 Å². The number of nitrogens with one attached hydrogen (secondary N) is 2. The van der Waals surface area contributed by atoms with E-state index in [0.717, 1.165) is 31.6 Å². The van der Waals surface area contributed by atoms with Crippen molar-refractivity contribution in [1.29, 1.82) is 0 Å². The molecule has 2 amide bonds. The molecule has 0 radical (unpaired) electrons. The third-order valence-corrected chi connectivity index (χ3v) is 4.02. The monoisotopic (exact) mass is 298 g/mol. The summed E-state index contributed by atoms with van der Waals surface area (Å²) in [5, 5.41) is 8.16. The molecule has 0 spiro atoms. The van der Waals surface area contributed by atoms with Crippen LogP contribution >= 0.6 is 0 Å². The quantitative estimate of drug-likeness (QED) is 0.911. The molecule has 116 valence electrons. The van der Waals surface area contributed by atoms with Crippen LogP contribution in [0.3, 0.4) is 0 Å². The summed E-state index contributed by atoms with van der Waals surface area (Å²) in [7, 11) is 0. The van der Waals surface area contributed by atoms with Gasteiger partial charge in [-0.2, -0.15) is 0 Å². The van der Waals surface area contributed by atoms with Crippen molar-refractivity contribution in [2.24, 2.45) is 0 Å². The average Bonchev–Trinajstić information content (AvgIpc) is 2.55. The van der Waals surface area contributed by atoms with Gasteiger partial charge < -0.3 is 15.4 Å². The van der Waals surface area contributed by atoms with Crippen LogP contribution in [0.15, 0.2) is 30.3 Å². The minimum Gasteiger partial charge on any atom is -0.493 e. The number of carbonyl (C=O) groups excluding carboxylic acids is 1. The van der Waals surface area contributed by atoms with E-state index in [9.17, 15) is 4.79 Å². The Morgan fingerprint density at radius 1 is 1.27 bits per heavy atom. The van der Waals surface area contributed by atoms with Crippen LogP contribution in [0.25, 0.3) is 10.8 Å². The highest BCUT2D eigenvalue weighted by atomic mass is 16.5. The van der Waals surface area contributed by atoms with Gasteiger partial charge >= 0.3 is 6.03 Å². The molecule has 0 fully saturated rings. The summed E-state index contributed by atoms with van der Waals surface area (Å²) in [5.74, 6) is 1.03. The Bertz CT molecular complexity index is 682. The van der Waals surface area contributed by atoms with Crippen LogP contribution in [0.5, 0.6) is 5.75 Å². The van der Waals surface area contributed by atoms with Crippen LogP contribution in [-0.4, -0.2) is 25.7 Å². The second-order valence-corrected chi connectivity index (χ2v) is 5.55. The highest BCUT2D eigenvalue weighted by Gasteiger charge is 2.18. The molecule has 0 saturated carbocycles. The normalized spacial score (nSPS) is 13.3. The van der Waals surface area contributed by atoms with Crippen molar-refractivity contribution in [3.8, 4) is 5.75 Å². The second-order valence-electron chi connectivity index (χ2n) is 5.55.